The SMILES string of the molecule is CC[C@H](C)[C@@H](C(=O)N[C@@H](CCC(=O)O)C(=O)O)n1nnc2ccccc2c1=O. The molecule has 0 saturated carbocycles. The summed E-state index contributed by atoms with van der Waals surface area (Å²) in [6.45, 7) is 3.56. The third kappa shape index (κ3) is 4.70. The van der Waals surface area contributed by atoms with Gasteiger partial charge in [0.25, 0.3) is 5.56 Å². The summed E-state index contributed by atoms with van der Waals surface area (Å²) in [5, 5.41) is 28.5. The quantitative estimate of drug-likeness (QED) is 0.569. The smallest absolute Gasteiger partial charge is 0.326 e. The second-order valence-corrected chi connectivity index (χ2v) is 6.52. The summed E-state index contributed by atoms with van der Waals surface area (Å²) in [6, 6.07) is 4.10. The van der Waals surface area contributed by atoms with Crippen molar-refractivity contribution in [1.82, 2.24) is 20.3 Å². The molecular formula is C18H22N4O6. The number of hydrogen-bond acceptors (Lipinski definition) is 6. The predicted molar refractivity (Wildman–Crippen MR) is 98.7 cm³/mol. The van der Waals surface area contributed by atoms with Crippen LogP contribution in [0.15, 0.2) is 29.1 Å². The fourth-order valence-electron chi connectivity index (χ4n) is 2.80. The molecule has 0 radical (unpaired) electrons. The molecule has 0 bridgehead atoms. The molecule has 10 nitrogen and oxygen atoms in total. The first-order chi connectivity index (χ1) is 13.3. The van der Waals surface area contributed by atoms with Crippen molar-refractivity contribution in [1.29, 1.82) is 0 Å². The molecule has 0 aliphatic carbocycles. The first-order valence-electron chi connectivity index (χ1n) is 8.85. The van der Waals surface area contributed by atoms with Crippen molar-refractivity contribution in [3.63, 3.8) is 0 Å². The van der Waals surface area contributed by atoms with E-state index in [0.29, 0.717) is 17.3 Å². The maximum atomic E-state index is 12.8. The minimum atomic E-state index is -1.39. The van der Waals surface area contributed by atoms with E-state index in [2.05, 4.69) is 15.6 Å². The van der Waals surface area contributed by atoms with Crippen LogP contribution in [0.3, 0.4) is 0 Å². The zero-order valence-corrected chi connectivity index (χ0v) is 15.5. The maximum absolute atomic E-state index is 12.8. The average Bonchev–Trinajstić information content (AvgIpc) is 2.66. The monoisotopic (exact) mass is 390 g/mol. The lowest BCUT2D eigenvalue weighted by molar-refractivity contribution is -0.144. The molecule has 1 heterocycles. The molecule has 3 atom stereocenters. The van der Waals surface area contributed by atoms with Gasteiger partial charge >= 0.3 is 11.9 Å². The fraction of sp³-hybridized carbons (Fsp3) is 0.444. The van der Waals surface area contributed by atoms with Gasteiger partial charge in [0.1, 0.15) is 17.6 Å². The van der Waals surface area contributed by atoms with Crippen molar-refractivity contribution in [3.05, 3.63) is 34.6 Å². The Morgan fingerprint density at radius 2 is 1.89 bits per heavy atom. The van der Waals surface area contributed by atoms with E-state index in [-0.39, 0.29) is 12.3 Å². The topological polar surface area (TPSA) is 151 Å². The summed E-state index contributed by atoms with van der Waals surface area (Å²) in [7, 11) is 0. The van der Waals surface area contributed by atoms with E-state index in [1.807, 2.05) is 6.92 Å². The summed E-state index contributed by atoms with van der Waals surface area (Å²) in [5.41, 5.74) is -0.125. The van der Waals surface area contributed by atoms with Gasteiger partial charge in [-0.2, -0.15) is 4.68 Å². The van der Waals surface area contributed by atoms with Crippen molar-refractivity contribution in [2.75, 3.05) is 0 Å². The van der Waals surface area contributed by atoms with Gasteiger partial charge < -0.3 is 15.5 Å². The third-order valence-electron chi connectivity index (χ3n) is 4.57. The molecule has 0 unspecified atom stereocenters. The van der Waals surface area contributed by atoms with Gasteiger partial charge in [-0.05, 0) is 24.5 Å². The molecule has 2 rings (SSSR count). The second-order valence-electron chi connectivity index (χ2n) is 6.52. The number of aromatic nitrogens is 3. The lowest BCUT2D eigenvalue weighted by Crippen LogP contribution is -2.48. The predicted octanol–water partition coefficient (Wildman–Crippen LogP) is 0.813. The largest absolute Gasteiger partial charge is 0.481 e. The Morgan fingerprint density at radius 1 is 1.21 bits per heavy atom. The number of carboxylic acid groups (broad SMARTS) is 2. The van der Waals surface area contributed by atoms with Crippen LogP contribution in [0.2, 0.25) is 0 Å². The number of benzene rings is 1. The zero-order chi connectivity index (χ0) is 20.8. The van der Waals surface area contributed by atoms with Crippen LogP contribution in [-0.4, -0.2) is 49.1 Å². The van der Waals surface area contributed by atoms with Crippen LogP contribution in [0, 0.1) is 5.92 Å². The van der Waals surface area contributed by atoms with Gasteiger partial charge in [0.05, 0.1) is 5.39 Å². The van der Waals surface area contributed by atoms with Crippen LogP contribution in [-0.2, 0) is 14.4 Å². The first kappa shape index (κ1) is 21.0. The number of amides is 1. The van der Waals surface area contributed by atoms with E-state index in [4.69, 9.17) is 5.11 Å². The summed E-state index contributed by atoms with van der Waals surface area (Å²) >= 11 is 0. The van der Waals surface area contributed by atoms with E-state index < -0.39 is 41.9 Å². The number of carboxylic acids is 2. The highest BCUT2D eigenvalue weighted by atomic mass is 16.4. The van der Waals surface area contributed by atoms with Crippen molar-refractivity contribution >= 4 is 28.7 Å². The molecule has 2 aromatic rings. The van der Waals surface area contributed by atoms with E-state index >= 15 is 0 Å². The van der Waals surface area contributed by atoms with Gasteiger partial charge in [-0.15, -0.1) is 5.10 Å². The average molecular weight is 390 g/mol. The Bertz CT molecular complexity index is 941. The molecule has 0 aliphatic rings. The van der Waals surface area contributed by atoms with Gasteiger partial charge in [-0.3, -0.25) is 14.4 Å². The molecule has 1 aromatic heterocycles. The third-order valence-corrected chi connectivity index (χ3v) is 4.57. The number of nitrogens with zero attached hydrogens (tertiary/aromatic N) is 3. The normalized spacial score (nSPS) is 14.2. The van der Waals surface area contributed by atoms with E-state index in [9.17, 15) is 24.3 Å². The highest BCUT2D eigenvalue weighted by molar-refractivity contribution is 5.86. The number of nitrogens with one attached hydrogen (secondary N) is 1. The summed E-state index contributed by atoms with van der Waals surface area (Å²) in [5.74, 6) is -3.59. The van der Waals surface area contributed by atoms with Gasteiger partial charge in [0.2, 0.25) is 5.91 Å². The van der Waals surface area contributed by atoms with Crippen LogP contribution in [0.5, 0.6) is 0 Å². The lowest BCUT2D eigenvalue weighted by Gasteiger charge is -2.24. The van der Waals surface area contributed by atoms with Crippen molar-refractivity contribution in [3.8, 4) is 0 Å². The molecule has 0 saturated heterocycles. The number of carbonyl (C=O) groups is 3. The Balaban J connectivity index is 2.39. The van der Waals surface area contributed by atoms with Crippen molar-refractivity contribution < 1.29 is 24.6 Å². The number of aliphatic carboxylic acids is 2. The van der Waals surface area contributed by atoms with E-state index in [1.165, 1.54) is 0 Å². The Hall–Kier alpha value is -3.30. The summed E-state index contributed by atoms with van der Waals surface area (Å²) in [6.07, 6.45) is -0.172. The molecule has 1 amide bonds. The second kappa shape index (κ2) is 9.07. The molecule has 10 heteroatoms. The Kier molecular flexibility index (Phi) is 6.80. The Labute approximate surface area is 160 Å². The lowest BCUT2D eigenvalue weighted by atomic mass is 9.97. The van der Waals surface area contributed by atoms with Crippen molar-refractivity contribution in [2.24, 2.45) is 5.92 Å². The van der Waals surface area contributed by atoms with E-state index in [0.717, 1.165) is 4.68 Å². The van der Waals surface area contributed by atoms with Gasteiger partial charge in [0.15, 0.2) is 0 Å². The molecule has 0 spiro atoms. The molecule has 3 N–H and O–H groups in total. The van der Waals surface area contributed by atoms with Crippen LogP contribution < -0.4 is 10.9 Å². The Morgan fingerprint density at radius 3 is 2.50 bits per heavy atom. The highest BCUT2D eigenvalue weighted by Gasteiger charge is 2.32. The number of rotatable bonds is 9. The maximum Gasteiger partial charge on any atom is 0.326 e. The molecule has 28 heavy (non-hydrogen) atoms. The van der Waals surface area contributed by atoms with Crippen LogP contribution in [0.4, 0.5) is 0 Å². The van der Waals surface area contributed by atoms with Crippen LogP contribution in [0.1, 0.15) is 39.2 Å². The molecule has 1 aromatic carbocycles. The minimum Gasteiger partial charge on any atom is -0.481 e. The summed E-state index contributed by atoms with van der Waals surface area (Å²) < 4.78 is 0.960. The van der Waals surface area contributed by atoms with Gasteiger partial charge in [-0.1, -0.05) is 37.6 Å². The first-order valence-corrected chi connectivity index (χ1v) is 8.85. The highest BCUT2D eigenvalue weighted by Crippen LogP contribution is 2.20. The minimum absolute atomic E-state index is 0.276. The molecule has 0 fully saturated rings. The molecule has 150 valence electrons. The zero-order valence-electron chi connectivity index (χ0n) is 15.5. The molecular weight excluding hydrogens is 368 g/mol. The van der Waals surface area contributed by atoms with Crippen LogP contribution >= 0.6 is 0 Å². The number of carbonyl (C=O) groups excluding carboxylic acids is 1. The molecule has 0 aliphatic heterocycles. The van der Waals surface area contributed by atoms with E-state index in [1.54, 1.807) is 31.2 Å². The van der Waals surface area contributed by atoms with Crippen molar-refractivity contribution in [2.45, 2.75) is 45.2 Å². The number of fused-ring (bicyclic) bond motifs is 1. The standard InChI is InChI=1S/C18H22N4O6/c1-3-10(2)15(16(25)19-13(18(27)28)8-9-14(23)24)22-17(26)11-6-4-5-7-12(11)20-21-22/h4-7,10,13,15H,3,8-9H2,1-2H3,(H,19,25)(H,23,24)(H,27,28)/t10-,13-,15-/m0/s1. The summed E-state index contributed by atoms with van der Waals surface area (Å²) in [4.78, 5) is 47.8. The fourth-order valence-corrected chi connectivity index (χ4v) is 2.80. The van der Waals surface area contributed by atoms with Gasteiger partial charge in [0, 0.05) is 6.42 Å². The van der Waals surface area contributed by atoms with Crippen LogP contribution in [0.25, 0.3) is 10.9 Å². The van der Waals surface area contributed by atoms with Gasteiger partial charge in [-0.25, -0.2) is 4.79 Å². The number of hydrogen-bond donors (Lipinski definition) is 3.